The van der Waals surface area contributed by atoms with Gasteiger partial charge in [0.1, 0.15) is 5.75 Å². The molecule has 0 saturated heterocycles. The molecule has 0 spiro atoms. The van der Waals surface area contributed by atoms with Crippen LogP contribution in [0.4, 0.5) is 0 Å². The van der Waals surface area contributed by atoms with Crippen LogP contribution in [0.25, 0.3) is 0 Å². The van der Waals surface area contributed by atoms with E-state index in [1.807, 2.05) is 6.07 Å². The van der Waals surface area contributed by atoms with Crippen molar-refractivity contribution in [3.05, 3.63) is 28.8 Å². The van der Waals surface area contributed by atoms with Crippen LogP contribution in [-0.4, -0.2) is 5.11 Å². The Balaban J connectivity index is 2.05. The molecule has 0 bridgehead atoms. The summed E-state index contributed by atoms with van der Waals surface area (Å²) < 4.78 is 0. The smallest absolute Gasteiger partial charge is 0.120 e. The predicted octanol–water partition coefficient (Wildman–Crippen LogP) is 2.61. The Morgan fingerprint density at radius 2 is 1.62 bits per heavy atom. The van der Waals surface area contributed by atoms with Crippen LogP contribution in [0.3, 0.4) is 0 Å². The Morgan fingerprint density at radius 1 is 1.00 bits per heavy atom. The lowest BCUT2D eigenvalue weighted by Crippen LogP contribution is -2.19. The van der Waals surface area contributed by atoms with Crippen LogP contribution >= 0.6 is 0 Å². The second-order valence-corrected chi connectivity index (χ2v) is 5.35. The third-order valence-electron chi connectivity index (χ3n) is 4.04. The molecule has 1 aromatic rings. The lowest BCUT2D eigenvalue weighted by molar-refractivity contribution is 0.458. The first-order valence-electron chi connectivity index (χ1n) is 6.33. The highest BCUT2D eigenvalue weighted by molar-refractivity contribution is 5.48. The zero-order valence-corrected chi connectivity index (χ0v) is 9.63. The van der Waals surface area contributed by atoms with E-state index in [1.165, 1.54) is 30.4 Å². The summed E-state index contributed by atoms with van der Waals surface area (Å²) in [5.74, 6) is 0.417. The Kier molecular flexibility index (Phi) is 2.21. The largest absolute Gasteiger partial charge is 0.508 e. The van der Waals surface area contributed by atoms with Gasteiger partial charge in [-0.05, 0) is 61.8 Å². The van der Waals surface area contributed by atoms with Crippen molar-refractivity contribution in [2.45, 2.75) is 50.5 Å². The Hall–Kier alpha value is -1.02. The molecule has 2 aliphatic rings. The molecule has 0 atom stereocenters. The molecular weight excluding hydrogens is 198 g/mol. The summed E-state index contributed by atoms with van der Waals surface area (Å²) in [5, 5.41) is 10.1. The normalized spacial score (nSPS) is 22.3. The van der Waals surface area contributed by atoms with Gasteiger partial charge in [0.25, 0.3) is 0 Å². The summed E-state index contributed by atoms with van der Waals surface area (Å²) in [6.45, 7) is 0. The topological polar surface area (TPSA) is 46.2 Å². The van der Waals surface area contributed by atoms with Crippen molar-refractivity contribution in [1.29, 1.82) is 0 Å². The monoisotopic (exact) mass is 217 g/mol. The summed E-state index contributed by atoms with van der Waals surface area (Å²) in [6, 6.07) is 4.13. The van der Waals surface area contributed by atoms with E-state index in [0.29, 0.717) is 5.75 Å². The van der Waals surface area contributed by atoms with Gasteiger partial charge in [0, 0.05) is 11.1 Å². The first-order valence-corrected chi connectivity index (χ1v) is 6.33. The number of phenolic OH excluding ortho intramolecular Hbond substituents is 1. The van der Waals surface area contributed by atoms with Gasteiger partial charge in [0.15, 0.2) is 0 Å². The number of aryl methyl sites for hydroxylation is 2. The summed E-state index contributed by atoms with van der Waals surface area (Å²) in [5.41, 5.74) is 9.70. The van der Waals surface area contributed by atoms with Gasteiger partial charge in [-0.15, -0.1) is 0 Å². The molecule has 1 fully saturated rings. The molecule has 2 nitrogen and oxygen atoms in total. The van der Waals surface area contributed by atoms with E-state index in [0.717, 1.165) is 31.2 Å². The number of hydrogen-bond donors (Lipinski definition) is 2. The van der Waals surface area contributed by atoms with Crippen LogP contribution in [0.15, 0.2) is 12.1 Å². The van der Waals surface area contributed by atoms with Crippen LogP contribution < -0.4 is 5.73 Å². The van der Waals surface area contributed by atoms with E-state index in [4.69, 9.17) is 5.73 Å². The maximum absolute atomic E-state index is 10.1. The highest BCUT2D eigenvalue weighted by Gasteiger charge is 2.42. The molecule has 0 aliphatic heterocycles. The number of rotatable bonds is 1. The van der Waals surface area contributed by atoms with Crippen molar-refractivity contribution in [1.82, 2.24) is 0 Å². The zero-order valence-electron chi connectivity index (χ0n) is 9.63. The van der Waals surface area contributed by atoms with Gasteiger partial charge in [-0.25, -0.2) is 0 Å². The van der Waals surface area contributed by atoms with Crippen LogP contribution in [0, 0.1) is 0 Å². The second kappa shape index (κ2) is 3.49. The van der Waals surface area contributed by atoms with Gasteiger partial charge in [0.2, 0.25) is 0 Å². The van der Waals surface area contributed by atoms with Crippen LogP contribution in [0.1, 0.15) is 48.8 Å². The van der Waals surface area contributed by atoms with E-state index >= 15 is 0 Å². The van der Waals surface area contributed by atoms with Crippen LogP contribution in [0.2, 0.25) is 0 Å². The van der Waals surface area contributed by atoms with Crippen molar-refractivity contribution < 1.29 is 5.11 Å². The Labute approximate surface area is 96.5 Å². The molecule has 1 aromatic carbocycles. The van der Waals surface area contributed by atoms with E-state index in [1.54, 1.807) is 0 Å². The molecule has 16 heavy (non-hydrogen) atoms. The average molecular weight is 217 g/mol. The number of benzene rings is 1. The minimum Gasteiger partial charge on any atom is -0.508 e. The van der Waals surface area contributed by atoms with E-state index < -0.39 is 0 Å². The first-order chi connectivity index (χ1) is 7.69. The lowest BCUT2D eigenvalue weighted by atomic mass is 9.95. The molecule has 2 aliphatic carbocycles. The SMILES string of the molecule is NC1(c2cc3c(cc2O)CCCCC3)CC1. The molecule has 3 N–H and O–H groups in total. The minimum atomic E-state index is -0.217. The van der Waals surface area contributed by atoms with Crippen LogP contribution in [0.5, 0.6) is 5.75 Å². The van der Waals surface area contributed by atoms with Crippen molar-refractivity contribution in [2.75, 3.05) is 0 Å². The summed E-state index contributed by atoms with van der Waals surface area (Å²) in [6.07, 6.45) is 8.12. The molecule has 1 saturated carbocycles. The quantitative estimate of drug-likeness (QED) is 0.710. The van der Waals surface area contributed by atoms with Crippen LogP contribution in [-0.2, 0) is 18.4 Å². The van der Waals surface area contributed by atoms with Gasteiger partial charge < -0.3 is 10.8 Å². The molecule has 0 amide bonds. The number of hydrogen-bond acceptors (Lipinski definition) is 2. The first kappa shape index (κ1) is 10.2. The molecule has 3 rings (SSSR count). The standard InChI is InChI=1S/C14H19NO/c15-14(6-7-14)12-8-10-4-2-1-3-5-11(10)9-13(12)16/h8-9,16H,1-7,15H2. The van der Waals surface area contributed by atoms with Gasteiger partial charge in [0.05, 0.1) is 0 Å². The van der Waals surface area contributed by atoms with Crippen molar-refractivity contribution >= 4 is 0 Å². The maximum atomic E-state index is 10.1. The van der Waals surface area contributed by atoms with E-state index in [-0.39, 0.29) is 5.54 Å². The molecule has 0 radical (unpaired) electrons. The average Bonchev–Trinajstić information content (AvgIpc) is 3.01. The summed E-state index contributed by atoms with van der Waals surface area (Å²) in [4.78, 5) is 0. The molecule has 86 valence electrons. The highest BCUT2D eigenvalue weighted by Crippen LogP contribution is 2.47. The van der Waals surface area contributed by atoms with Crippen molar-refractivity contribution in [3.8, 4) is 5.75 Å². The van der Waals surface area contributed by atoms with Gasteiger partial charge >= 0.3 is 0 Å². The van der Waals surface area contributed by atoms with Crippen molar-refractivity contribution in [3.63, 3.8) is 0 Å². The zero-order chi connectivity index (χ0) is 11.2. The highest BCUT2D eigenvalue weighted by atomic mass is 16.3. The fraction of sp³-hybridized carbons (Fsp3) is 0.571. The lowest BCUT2D eigenvalue weighted by Gasteiger charge is -2.15. The third kappa shape index (κ3) is 1.61. The molecule has 0 unspecified atom stereocenters. The number of phenols is 1. The fourth-order valence-electron chi connectivity index (χ4n) is 2.75. The minimum absolute atomic E-state index is 0.217. The summed E-state index contributed by atoms with van der Waals surface area (Å²) >= 11 is 0. The Bertz CT molecular complexity index is 421. The predicted molar refractivity (Wildman–Crippen MR) is 64.5 cm³/mol. The molecule has 2 heteroatoms. The second-order valence-electron chi connectivity index (χ2n) is 5.35. The maximum Gasteiger partial charge on any atom is 0.120 e. The van der Waals surface area contributed by atoms with Gasteiger partial charge in [-0.3, -0.25) is 0 Å². The Morgan fingerprint density at radius 3 is 2.25 bits per heavy atom. The van der Waals surface area contributed by atoms with Gasteiger partial charge in [-0.1, -0.05) is 6.42 Å². The van der Waals surface area contributed by atoms with E-state index in [2.05, 4.69) is 6.07 Å². The summed E-state index contributed by atoms with van der Waals surface area (Å²) in [7, 11) is 0. The van der Waals surface area contributed by atoms with E-state index in [9.17, 15) is 5.11 Å². The van der Waals surface area contributed by atoms with Gasteiger partial charge in [-0.2, -0.15) is 0 Å². The molecule has 0 aromatic heterocycles. The molecular formula is C14H19NO. The number of aromatic hydroxyl groups is 1. The molecule has 0 heterocycles. The third-order valence-corrected chi connectivity index (χ3v) is 4.04. The number of fused-ring (bicyclic) bond motifs is 1. The van der Waals surface area contributed by atoms with Crippen molar-refractivity contribution in [2.24, 2.45) is 5.73 Å². The fourth-order valence-corrected chi connectivity index (χ4v) is 2.75. The number of nitrogens with two attached hydrogens (primary N) is 1.